The minimum Gasteiger partial charge on any atom is -0.392 e. The molecule has 1 unspecified atom stereocenters. The first kappa shape index (κ1) is 11.8. The second-order valence-corrected chi connectivity index (χ2v) is 5.33. The Labute approximate surface area is 107 Å². The minimum atomic E-state index is -0.315. The van der Waals surface area contributed by atoms with Crippen LogP contribution >= 0.6 is 0 Å². The lowest BCUT2D eigenvalue weighted by Crippen LogP contribution is -2.17. The zero-order valence-corrected chi connectivity index (χ0v) is 10.8. The number of aliphatic hydroxyl groups is 1. The molecule has 0 saturated heterocycles. The van der Waals surface area contributed by atoms with Crippen molar-refractivity contribution in [3.8, 4) is 0 Å². The van der Waals surface area contributed by atoms with Crippen molar-refractivity contribution in [1.29, 1.82) is 0 Å². The predicted octanol–water partition coefficient (Wildman–Crippen LogP) is 2.27. The fourth-order valence-electron chi connectivity index (χ4n) is 2.46. The summed E-state index contributed by atoms with van der Waals surface area (Å²) in [5.41, 5.74) is 2.58. The molecule has 18 heavy (non-hydrogen) atoms. The number of para-hydroxylation sites is 1. The lowest BCUT2D eigenvalue weighted by molar-refractivity contribution is 0.175. The zero-order valence-electron chi connectivity index (χ0n) is 10.8. The first-order valence-corrected chi connectivity index (χ1v) is 6.72. The van der Waals surface area contributed by atoms with Gasteiger partial charge in [0.25, 0.3) is 0 Å². The third-order valence-electron chi connectivity index (χ3n) is 3.49. The van der Waals surface area contributed by atoms with Crippen LogP contribution in [-0.2, 0) is 13.1 Å². The molecule has 1 aliphatic rings. The molecular formula is C15H20N2O. The van der Waals surface area contributed by atoms with Crippen LogP contribution in [0.5, 0.6) is 0 Å². The van der Waals surface area contributed by atoms with Crippen molar-refractivity contribution in [3.63, 3.8) is 0 Å². The molecule has 1 aromatic heterocycles. The third kappa shape index (κ3) is 2.42. The second kappa shape index (κ2) is 4.75. The Morgan fingerprint density at radius 3 is 2.94 bits per heavy atom. The number of nitrogens with zero attached hydrogens (tertiary/aromatic N) is 1. The molecule has 0 bridgehead atoms. The number of hydrogen-bond acceptors (Lipinski definition) is 2. The maximum atomic E-state index is 9.57. The number of aliphatic hydroxyl groups excluding tert-OH is 1. The standard InChI is InChI=1S/C15H20N2O/c1-11(18)10-17-8-7-12-3-2-4-13(15(12)17)9-16-14-5-6-14/h2-4,7-8,11,14,16,18H,5-6,9-10H2,1H3. The SMILES string of the molecule is CC(O)Cn1ccc2cccc(CNC3CC3)c21. The van der Waals surface area contributed by atoms with Crippen molar-refractivity contribution in [2.24, 2.45) is 0 Å². The van der Waals surface area contributed by atoms with Gasteiger partial charge in [0, 0.05) is 25.3 Å². The zero-order chi connectivity index (χ0) is 12.5. The topological polar surface area (TPSA) is 37.2 Å². The van der Waals surface area contributed by atoms with Gasteiger partial charge in [0.05, 0.1) is 11.6 Å². The number of fused-ring (bicyclic) bond motifs is 1. The van der Waals surface area contributed by atoms with Crippen LogP contribution in [-0.4, -0.2) is 21.8 Å². The van der Waals surface area contributed by atoms with Crippen molar-refractivity contribution in [1.82, 2.24) is 9.88 Å². The van der Waals surface area contributed by atoms with E-state index < -0.39 is 0 Å². The normalized spacial score (nSPS) is 17.2. The van der Waals surface area contributed by atoms with E-state index in [1.165, 1.54) is 29.3 Å². The Balaban J connectivity index is 1.92. The van der Waals surface area contributed by atoms with Gasteiger partial charge in [-0.05, 0) is 36.8 Å². The quantitative estimate of drug-likeness (QED) is 0.846. The highest BCUT2D eigenvalue weighted by Gasteiger charge is 2.20. The van der Waals surface area contributed by atoms with Crippen LogP contribution in [0.1, 0.15) is 25.3 Å². The van der Waals surface area contributed by atoms with Gasteiger partial charge in [-0.1, -0.05) is 18.2 Å². The van der Waals surface area contributed by atoms with Gasteiger partial charge in [-0.15, -0.1) is 0 Å². The molecule has 1 fully saturated rings. The summed E-state index contributed by atoms with van der Waals surface area (Å²) in [5, 5.41) is 14.4. The fraction of sp³-hybridized carbons (Fsp3) is 0.467. The summed E-state index contributed by atoms with van der Waals surface area (Å²) >= 11 is 0. The number of aromatic nitrogens is 1. The van der Waals surface area contributed by atoms with Crippen molar-refractivity contribution in [2.75, 3.05) is 0 Å². The maximum absolute atomic E-state index is 9.57. The minimum absolute atomic E-state index is 0.315. The molecule has 2 N–H and O–H groups in total. The Morgan fingerprint density at radius 1 is 1.39 bits per heavy atom. The largest absolute Gasteiger partial charge is 0.392 e. The first-order chi connectivity index (χ1) is 8.74. The molecule has 1 heterocycles. The molecule has 0 radical (unpaired) electrons. The predicted molar refractivity (Wildman–Crippen MR) is 73.5 cm³/mol. The summed E-state index contributed by atoms with van der Waals surface area (Å²) < 4.78 is 2.16. The van der Waals surface area contributed by atoms with E-state index in [4.69, 9.17) is 0 Å². The van der Waals surface area contributed by atoms with E-state index in [2.05, 4.69) is 40.3 Å². The van der Waals surface area contributed by atoms with Crippen LogP contribution in [0.15, 0.2) is 30.5 Å². The molecular weight excluding hydrogens is 224 g/mol. The van der Waals surface area contributed by atoms with Gasteiger partial charge in [0.15, 0.2) is 0 Å². The third-order valence-corrected chi connectivity index (χ3v) is 3.49. The Hall–Kier alpha value is -1.32. The van der Waals surface area contributed by atoms with Gasteiger partial charge in [-0.25, -0.2) is 0 Å². The number of nitrogens with one attached hydrogen (secondary N) is 1. The van der Waals surface area contributed by atoms with Gasteiger partial charge in [-0.3, -0.25) is 0 Å². The van der Waals surface area contributed by atoms with Gasteiger partial charge in [0.2, 0.25) is 0 Å². The van der Waals surface area contributed by atoms with Crippen LogP contribution in [0.25, 0.3) is 10.9 Å². The van der Waals surface area contributed by atoms with Crippen LogP contribution in [0, 0.1) is 0 Å². The maximum Gasteiger partial charge on any atom is 0.0691 e. The van der Waals surface area contributed by atoms with E-state index in [1.54, 1.807) is 0 Å². The van der Waals surface area contributed by atoms with Crippen molar-refractivity contribution in [3.05, 3.63) is 36.0 Å². The van der Waals surface area contributed by atoms with Gasteiger partial charge >= 0.3 is 0 Å². The summed E-state index contributed by atoms with van der Waals surface area (Å²) in [4.78, 5) is 0. The van der Waals surface area contributed by atoms with Gasteiger partial charge < -0.3 is 15.0 Å². The number of hydrogen-bond donors (Lipinski definition) is 2. The highest BCUT2D eigenvalue weighted by Crippen LogP contribution is 2.23. The van der Waals surface area contributed by atoms with Crippen LogP contribution < -0.4 is 5.32 Å². The van der Waals surface area contributed by atoms with Crippen LogP contribution in [0.3, 0.4) is 0 Å². The average Bonchev–Trinajstić information content (AvgIpc) is 3.08. The van der Waals surface area contributed by atoms with Gasteiger partial charge in [-0.2, -0.15) is 0 Å². The molecule has 3 heteroatoms. The molecule has 3 rings (SSSR count). The lowest BCUT2D eigenvalue weighted by atomic mass is 10.1. The molecule has 2 aromatic rings. The molecule has 1 saturated carbocycles. The monoisotopic (exact) mass is 244 g/mol. The van der Waals surface area contributed by atoms with Crippen molar-refractivity contribution >= 4 is 10.9 Å². The van der Waals surface area contributed by atoms with E-state index in [0.29, 0.717) is 6.54 Å². The van der Waals surface area contributed by atoms with Gasteiger partial charge in [0.1, 0.15) is 0 Å². The van der Waals surface area contributed by atoms with E-state index in [-0.39, 0.29) is 6.10 Å². The summed E-state index contributed by atoms with van der Waals surface area (Å²) in [7, 11) is 0. The van der Waals surface area contributed by atoms with E-state index in [9.17, 15) is 5.11 Å². The van der Waals surface area contributed by atoms with E-state index >= 15 is 0 Å². The summed E-state index contributed by atoms with van der Waals surface area (Å²) in [5.74, 6) is 0. The van der Waals surface area contributed by atoms with Crippen LogP contribution in [0.4, 0.5) is 0 Å². The molecule has 96 valence electrons. The molecule has 3 nitrogen and oxygen atoms in total. The molecule has 0 amide bonds. The molecule has 1 aliphatic carbocycles. The molecule has 1 atom stereocenters. The summed E-state index contributed by atoms with van der Waals surface area (Å²) in [6.07, 6.45) is 4.37. The number of benzene rings is 1. The Bertz CT molecular complexity index is 540. The summed E-state index contributed by atoms with van der Waals surface area (Å²) in [6, 6.07) is 9.27. The highest BCUT2D eigenvalue weighted by molar-refractivity contribution is 5.83. The van der Waals surface area contributed by atoms with E-state index in [1.807, 2.05) is 6.92 Å². The Morgan fingerprint density at radius 2 is 2.22 bits per heavy atom. The number of rotatable bonds is 5. The lowest BCUT2D eigenvalue weighted by Gasteiger charge is -2.12. The molecule has 0 aliphatic heterocycles. The van der Waals surface area contributed by atoms with E-state index in [0.717, 1.165) is 12.6 Å². The van der Waals surface area contributed by atoms with Crippen molar-refractivity contribution < 1.29 is 5.11 Å². The second-order valence-electron chi connectivity index (χ2n) is 5.33. The average molecular weight is 244 g/mol. The van der Waals surface area contributed by atoms with Crippen LogP contribution in [0.2, 0.25) is 0 Å². The molecule has 0 spiro atoms. The molecule has 1 aromatic carbocycles. The van der Waals surface area contributed by atoms with Crippen molar-refractivity contribution in [2.45, 2.75) is 45.0 Å². The first-order valence-electron chi connectivity index (χ1n) is 6.72. The highest BCUT2D eigenvalue weighted by atomic mass is 16.3. The smallest absolute Gasteiger partial charge is 0.0691 e. The summed E-state index contributed by atoms with van der Waals surface area (Å²) in [6.45, 7) is 3.41. The Kier molecular flexibility index (Phi) is 3.10. The fourth-order valence-corrected chi connectivity index (χ4v) is 2.46.